The third-order valence-electron chi connectivity index (χ3n) is 3.89. The van der Waals surface area contributed by atoms with E-state index >= 15 is 0 Å². The summed E-state index contributed by atoms with van der Waals surface area (Å²) in [5.74, 6) is -0.879. The minimum Gasteiger partial charge on any atom is -0.549 e. The molecule has 3 rings (SSSR count). The van der Waals surface area contributed by atoms with Gasteiger partial charge in [-0.1, -0.05) is 60.3 Å². The molecule has 3 aromatic rings. The highest BCUT2D eigenvalue weighted by Crippen LogP contribution is 2.37. The van der Waals surface area contributed by atoms with Crippen molar-refractivity contribution in [3.8, 4) is 34.2 Å². The van der Waals surface area contributed by atoms with Crippen LogP contribution in [0.25, 0.3) is 22.4 Å². The molecule has 0 radical (unpaired) electrons. The first kappa shape index (κ1) is 18.5. The Bertz CT molecular complexity index is 1010. The normalized spacial score (nSPS) is 10.2. The third-order valence-corrected chi connectivity index (χ3v) is 4.84. The predicted molar refractivity (Wildman–Crippen MR) is 102 cm³/mol. The van der Waals surface area contributed by atoms with Crippen molar-refractivity contribution in [2.24, 2.45) is 0 Å². The second kappa shape index (κ2) is 8.39. The Morgan fingerprint density at radius 1 is 1.15 bits per heavy atom. The predicted octanol–water partition coefficient (Wildman–Crippen LogP) is 3.14. The lowest BCUT2D eigenvalue weighted by molar-refractivity contribution is -0.301. The molecule has 0 fully saturated rings. The number of nitriles is 1. The van der Waals surface area contributed by atoms with E-state index in [0.29, 0.717) is 27.6 Å². The average Bonchev–Trinajstić information content (AvgIpc) is 2.72. The van der Waals surface area contributed by atoms with Crippen molar-refractivity contribution >= 4 is 17.7 Å². The number of carboxylic acids is 1. The van der Waals surface area contributed by atoms with E-state index in [0.717, 1.165) is 22.9 Å². The monoisotopic (exact) mass is 375 g/mol. The number of aromatic nitrogens is 1. The van der Waals surface area contributed by atoms with E-state index in [-0.39, 0.29) is 5.75 Å². The molecule has 6 heteroatoms. The number of thioether (sulfide) groups is 1. The number of methoxy groups -OCH3 is 1. The highest BCUT2D eigenvalue weighted by molar-refractivity contribution is 7.99. The molecule has 0 aliphatic carbocycles. The van der Waals surface area contributed by atoms with Crippen LogP contribution in [0, 0.1) is 11.3 Å². The van der Waals surface area contributed by atoms with Crippen LogP contribution >= 0.6 is 11.8 Å². The number of rotatable bonds is 6. The van der Waals surface area contributed by atoms with Gasteiger partial charge in [0.2, 0.25) is 0 Å². The first-order valence-corrected chi connectivity index (χ1v) is 9.09. The second-order valence-corrected chi connectivity index (χ2v) is 6.54. The maximum Gasteiger partial charge on any atom is 0.126 e. The molecule has 5 nitrogen and oxygen atoms in total. The molecule has 0 unspecified atom stereocenters. The molecule has 0 N–H and O–H groups in total. The number of aliphatic carboxylic acids is 1. The van der Waals surface area contributed by atoms with E-state index in [1.807, 2.05) is 60.7 Å². The minimum atomic E-state index is -1.21. The van der Waals surface area contributed by atoms with Crippen LogP contribution in [0.2, 0.25) is 0 Å². The maximum absolute atomic E-state index is 10.9. The van der Waals surface area contributed by atoms with E-state index in [2.05, 4.69) is 11.1 Å². The van der Waals surface area contributed by atoms with Gasteiger partial charge in [-0.2, -0.15) is 5.26 Å². The Balaban J connectivity index is 2.25. The van der Waals surface area contributed by atoms with Crippen LogP contribution in [0.4, 0.5) is 0 Å². The fourth-order valence-electron chi connectivity index (χ4n) is 2.70. The Labute approximate surface area is 161 Å². The summed E-state index contributed by atoms with van der Waals surface area (Å²) in [5, 5.41) is 21.0. The summed E-state index contributed by atoms with van der Waals surface area (Å²) in [4.78, 5) is 15.5. The molecule has 1 heterocycles. The van der Waals surface area contributed by atoms with Gasteiger partial charge in [0.05, 0.1) is 24.3 Å². The fraction of sp³-hybridized carbons (Fsp3) is 0.0952. The zero-order valence-corrected chi connectivity index (χ0v) is 15.3. The molecular formula is C21H15N2O3S-. The van der Waals surface area contributed by atoms with Gasteiger partial charge in [-0.05, 0) is 12.1 Å². The van der Waals surface area contributed by atoms with Crippen molar-refractivity contribution in [2.45, 2.75) is 5.03 Å². The highest BCUT2D eigenvalue weighted by Gasteiger charge is 2.18. The van der Waals surface area contributed by atoms with Gasteiger partial charge in [-0.25, -0.2) is 4.98 Å². The van der Waals surface area contributed by atoms with Crippen LogP contribution < -0.4 is 9.84 Å². The van der Waals surface area contributed by atoms with Crippen LogP contribution in [0.15, 0.2) is 65.7 Å². The first-order chi connectivity index (χ1) is 13.1. The molecule has 0 aliphatic rings. The summed E-state index contributed by atoms with van der Waals surface area (Å²) in [5.41, 5.74) is 3.21. The van der Waals surface area contributed by atoms with Gasteiger partial charge in [0, 0.05) is 22.4 Å². The van der Waals surface area contributed by atoms with E-state index in [9.17, 15) is 15.2 Å². The molecule has 0 amide bonds. The van der Waals surface area contributed by atoms with Crippen molar-refractivity contribution in [2.75, 3.05) is 12.9 Å². The average molecular weight is 375 g/mol. The summed E-state index contributed by atoms with van der Waals surface area (Å²) in [7, 11) is 1.57. The Kier molecular flexibility index (Phi) is 5.74. The SMILES string of the molecule is COc1ccccc1-c1cc(-c2ccccc2)nc(SCC(=O)[O-])c1C#N. The molecule has 0 spiro atoms. The van der Waals surface area contributed by atoms with Crippen LogP contribution in [0.1, 0.15) is 5.56 Å². The van der Waals surface area contributed by atoms with Crippen LogP contribution in [-0.4, -0.2) is 23.8 Å². The molecule has 0 saturated heterocycles. The van der Waals surface area contributed by atoms with Crippen LogP contribution in [0.3, 0.4) is 0 Å². The van der Waals surface area contributed by atoms with Gasteiger partial charge in [0.25, 0.3) is 0 Å². The lowest BCUT2D eigenvalue weighted by Gasteiger charge is -2.14. The largest absolute Gasteiger partial charge is 0.549 e. The Morgan fingerprint density at radius 2 is 1.85 bits per heavy atom. The molecule has 0 aliphatic heterocycles. The molecule has 1 aromatic heterocycles. The van der Waals surface area contributed by atoms with Crippen LogP contribution in [0.5, 0.6) is 5.75 Å². The number of para-hydroxylation sites is 1. The zero-order valence-electron chi connectivity index (χ0n) is 14.5. The number of nitrogens with zero attached hydrogens (tertiary/aromatic N) is 2. The number of pyridine rings is 1. The van der Waals surface area contributed by atoms with Gasteiger partial charge in [0.15, 0.2) is 0 Å². The van der Waals surface area contributed by atoms with E-state index in [1.165, 1.54) is 0 Å². The third kappa shape index (κ3) is 4.10. The quantitative estimate of drug-likeness (QED) is 0.615. The standard InChI is InChI=1S/C21H16N2O3S/c1-26-19-10-6-5-9-15(19)16-11-18(14-7-3-2-4-8-14)23-21(17(16)12-22)27-13-20(24)25/h2-11H,13H2,1H3,(H,24,25)/p-1. The number of ether oxygens (including phenoxy) is 1. The number of hydrogen-bond donors (Lipinski definition) is 0. The molecule has 0 bridgehead atoms. The topological polar surface area (TPSA) is 86.0 Å². The van der Waals surface area contributed by atoms with E-state index in [4.69, 9.17) is 4.74 Å². The number of benzene rings is 2. The Morgan fingerprint density at radius 3 is 2.52 bits per heavy atom. The lowest BCUT2D eigenvalue weighted by Crippen LogP contribution is -2.24. The first-order valence-electron chi connectivity index (χ1n) is 8.10. The van der Waals surface area contributed by atoms with Crippen molar-refractivity contribution in [1.82, 2.24) is 4.98 Å². The Hall–Kier alpha value is -3.30. The summed E-state index contributed by atoms with van der Waals surface area (Å²) in [6.07, 6.45) is 0. The van der Waals surface area contributed by atoms with Gasteiger partial charge in [-0.15, -0.1) is 0 Å². The van der Waals surface area contributed by atoms with E-state index in [1.54, 1.807) is 7.11 Å². The number of carboxylic acid groups (broad SMARTS) is 1. The van der Waals surface area contributed by atoms with Crippen molar-refractivity contribution < 1.29 is 14.6 Å². The van der Waals surface area contributed by atoms with Gasteiger partial charge in [-0.3, -0.25) is 0 Å². The smallest absolute Gasteiger partial charge is 0.126 e. The van der Waals surface area contributed by atoms with Crippen molar-refractivity contribution in [3.63, 3.8) is 0 Å². The summed E-state index contributed by atoms with van der Waals surface area (Å²) >= 11 is 0.974. The molecular weight excluding hydrogens is 360 g/mol. The summed E-state index contributed by atoms with van der Waals surface area (Å²) in [6, 6.07) is 20.9. The second-order valence-electron chi connectivity index (χ2n) is 5.57. The fourth-order valence-corrected chi connectivity index (χ4v) is 3.42. The van der Waals surface area contributed by atoms with Crippen LogP contribution in [-0.2, 0) is 4.79 Å². The summed E-state index contributed by atoms with van der Waals surface area (Å²) < 4.78 is 5.44. The van der Waals surface area contributed by atoms with Crippen molar-refractivity contribution in [3.05, 3.63) is 66.2 Å². The molecule has 0 saturated carbocycles. The number of hydrogen-bond acceptors (Lipinski definition) is 6. The molecule has 2 aromatic carbocycles. The molecule has 27 heavy (non-hydrogen) atoms. The zero-order chi connectivity index (χ0) is 19.2. The minimum absolute atomic E-state index is 0.286. The van der Waals surface area contributed by atoms with Crippen molar-refractivity contribution in [1.29, 1.82) is 5.26 Å². The summed E-state index contributed by atoms with van der Waals surface area (Å²) in [6.45, 7) is 0. The highest BCUT2D eigenvalue weighted by atomic mass is 32.2. The molecule has 0 atom stereocenters. The molecule has 134 valence electrons. The van der Waals surface area contributed by atoms with Gasteiger partial charge >= 0.3 is 0 Å². The van der Waals surface area contributed by atoms with Gasteiger partial charge in [0.1, 0.15) is 16.8 Å². The number of carbonyl (C=O) groups excluding carboxylic acids is 1. The van der Waals surface area contributed by atoms with E-state index < -0.39 is 5.97 Å². The lowest BCUT2D eigenvalue weighted by atomic mass is 9.98. The van der Waals surface area contributed by atoms with Gasteiger partial charge < -0.3 is 14.6 Å². The maximum atomic E-state index is 10.9. The number of carbonyl (C=O) groups is 1.